The number of halogens is 2. The van der Waals surface area contributed by atoms with E-state index in [1.54, 1.807) is 18.2 Å². The molecule has 5 rings (SSSR count). The summed E-state index contributed by atoms with van der Waals surface area (Å²) in [5.74, 6) is 0.746. The van der Waals surface area contributed by atoms with Crippen LogP contribution in [0.5, 0.6) is 5.75 Å². The zero-order valence-corrected chi connectivity index (χ0v) is 16.6. The van der Waals surface area contributed by atoms with Gasteiger partial charge in [0.15, 0.2) is 0 Å². The van der Waals surface area contributed by atoms with Crippen LogP contribution in [-0.2, 0) is 11.3 Å². The summed E-state index contributed by atoms with van der Waals surface area (Å²) in [4.78, 5) is 23.8. The maximum absolute atomic E-state index is 13.4. The molecule has 3 atom stereocenters. The zero-order chi connectivity index (χ0) is 20.1. The first kappa shape index (κ1) is 18.6. The highest BCUT2D eigenvalue weighted by molar-refractivity contribution is 6.30. The molecule has 6 nitrogen and oxygen atoms in total. The number of pyridine rings is 1. The topological polar surface area (TPSA) is 59.9 Å². The van der Waals surface area contributed by atoms with E-state index in [9.17, 15) is 14.3 Å². The van der Waals surface area contributed by atoms with Gasteiger partial charge in [-0.25, -0.2) is 9.37 Å². The number of likely N-dealkylation sites (tertiary alicyclic amines) is 2. The maximum atomic E-state index is 13.4. The Kier molecular flexibility index (Phi) is 4.59. The molecule has 8 heteroatoms. The summed E-state index contributed by atoms with van der Waals surface area (Å²) in [6, 6.07) is 8.72. The minimum absolute atomic E-state index is 0.0872. The summed E-state index contributed by atoms with van der Waals surface area (Å²) < 4.78 is 13.4. The van der Waals surface area contributed by atoms with Crippen LogP contribution in [0.2, 0.25) is 5.02 Å². The Labute approximate surface area is 173 Å². The van der Waals surface area contributed by atoms with Crippen LogP contribution in [0.15, 0.2) is 36.5 Å². The van der Waals surface area contributed by atoms with E-state index in [-0.39, 0.29) is 22.7 Å². The molecule has 152 valence electrons. The molecule has 0 aliphatic carbocycles. The van der Waals surface area contributed by atoms with Crippen LogP contribution < -0.4 is 4.90 Å². The van der Waals surface area contributed by atoms with Gasteiger partial charge in [-0.1, -0.05) is 17.7 Å². The predicted octanol–water partition coefficient (Wildman–Crippen LogP) is 2.64. The van der Waals surface area contributed by atoms with Gasteiger partial charge in [-0.3, -0.25) is 9.69 Å². The van der Waals surface area contributed by atoms with Crippen molar-refractivity contribution in [3.63, 3.8) is 0 Å². The van der Waals surface area contributed by atoms with Crippen LogP contribution in [0.4, 0.5) is 10.2 Å². The van der Waals surface area contributed by atoms with E-state index in [0.29, 0.717) is 25.2 Å². The molecule has 1 aromatic heterocycles. The number of nitrogens with zero attached hydrogens (tertiary/aromatic N) is 4. The van der Waals surface area contributed by atoms with Gasteiger partial charge in [0.05, 0.1) is 17.3 Å². The average molecular weight is 417 g/mol. The number of amides is 1. The monoisotopic (exact) mass is 416 g/mol. The number of benzene rings is 1. The van der Waals surface area contributed by atoms with Crippen molar-refractivity contribution in [3.8, 4) is 5.75 Å². The predicted molar refractivity (Wildman–Crippen MR) is 107 cm³/mol. The lowest BCUT2D eigenvalue weighted by molar-refractivity contribution is -0.133. The third kappa shape index (κ3) is 3.32. The Hall–Kier alpha value is -2.38. The van der Waals surface area contributed by atoms with Gasteiger partial charge in [-0.05, 0) is 42.7 Å². The number of anilines is 1. The molecule has 2 aromatic rings. The molecule has 1 aromatic carbocycles. The SMILES string of the molecule is O=C1[C@H](N2C[C@@H]3C[C@H]2CN3c2ccc(O)cn2)CCN1Cc1ccc(F)c(Cl)c1. The first-order chi connectivity index (χ1) is 14.0. The highest BCUT2D eigenvalue weighted by atomic mass is 35.5. The molecule has 1 amide bonds. The summed E-state index contributed by atoms with van der Waals surface area (Å²) in [6.45, 7) is 2.86. The quantitative estimate of drug-likeness (QED) is 0.830. The van der Waals surface area contributed by atoms with Gasteiger partial charge >= 0.3 is 0 Å². The van der Waals surface area contributed by atoms with Crippen LogP contribution in [-0.4, -0.2) is 63.6 Å². The Bertz CT molecular complexity index is 941. The van der Waals surface area contributed by atoms with Crippen molar-refractivity contribution in [2.24, 2.45) is 0 Å². The number of fused-ring (bicyclic) bond motifs is 2. The molecular formula is C21H22ClFN4O2. The van der Waals surface area contributed by atoms with Gasteiger partial charge in [0.2, 0.25) is 5.91 Å². The fourth-order valence-corrected chi connectivity index (χ4v) is 5.16. The smallest absolute Gasteiger partial charge is 0.240 e. The number of carbonyl (C=O) groups is 1. The van der Waals surface area contributed by atoms with Crippen molar-refractivity contribution < 1.29 is 14.3 Å². The van der Waals surface area contributed by atoms with Gasteiger partial charge in [0, 0.05) is 38.3 Å². The lowest BCUT2D eigenvalue weighted by Gasteiger charge is -2.37. The van der Waals surface area contributed by atoms with Crippen molar-refractivity contribution in [3.05, 3.63) is 52.9 Å². The summed E-state index contributed by atoms with van der Waals surface area (Å²) in [5, 5.41) is 9.54. The van der Waals surface area contributed by atoms with E-state index in [0.717, 1.165) is 37.3 Å². The van der Waals surface area contributed by atoms with Gasteiger partial charge in [-0.2, -0.15) is 0 Å². The first-order valence-corrected chi connectivity index (χ1v) is 10.3. The maximum Gasteiger partial charge on any atom is 0.240 e. The van der Waals surface area contributed by atoms with E-state index >= 15 is 0 Å². The van der Waals surface area contributed by atoms with Gasteiger partial charge in [0.1, 0.15) is 17.4 Å². The van der Waals surface area contributed by atoms with Gasteiger partial charge in [0.25, 0.3) is 0 Å². The summed E-state index contributed by atoms with van der Waals surface area (Å²) in [7, 11) is 0. The first-order valence-electron chi connectivity index (χ1n) is 9.90. The second-order valence-corrected chi connectivity index (χ2v) is 8.49. The van der Waals surface area contributed by atoms with Crippen LogP contribution in [0, 0.1) is 5.82 Å². The van der Waals surface area contributed by atoms with Crippen LogP contribution in [0.3, 0.4) is 0 Å². The third-order valence-electron chi connectivity index (χ3n) is 6.34. The number of rotatable bonds is 4. The minimum atomic E-state index is -0.443. The molecule has 3 fully saturated rings. The standard InChI is InChI=1S/C21H22ClFN4O2/c22-17-7-13(1-3-18(17)23)10-25-6-5-19(21(25)29)26-11-15-8-14(26)12-27(15)20-4-2-16(28)9-24-20/h1-4,7,9,14-15,19,28H,5-6,8,10-12H2/t14-,15-,19+/m0/s1. The molecule has 29 heavy (non-hydrogen) atoms. The van der Waals surface area contributed by atoms with Crippen molar-refractivity contribution in [1.82, 2.24) is 14.8 Å². The highest BCUT2D eigenvalue weighted by Crippen LogP contribution is 2.37. The molecule has 0 radical (unpaired) electrons. The van der Waals surface area contributed by atoms with E-state index in [2.05, 4.69) is 14.8 Å². The Morgan fingerprint density at radius 1 is 1.21 bits per heavy atom. The molecule has 3 aliphatic rings. The van der Waals surface area contributed by atoms with E-state index in [1.165, 1.54) is 12.3 Å². The van der Waals surface area contributed by atoms with E-state index < -0.39 is 5.82 Å². The lowest BCUT2D eigenvalue weighted by atomic mass is 10.1. The number of aromatic hydroxyl groups is 1. The van der Waals surface area contributed by atoms with Gasteiger partial charge in [-0.15, -0.1) is 0 Å². The average Bonchev–Trinajstić information content (AvgIpc) is 3.40. The summed E-state index contributed by atoms with van der Waals surface area (Å²) in [6.07, 6.45) is 3.31. The van der Waals surface area contributed by atoms with Crippen molar-refractivity contribution in [1.29, 1.82) is 0 Å². The molecule has 0 saturated carbocycles. The molecular weight excluding hydrogens is 395 g/mol. The van der Waals surface area contributed by atoms with Crippen LogP contribution in [0.1, 0.15) is 18.4 Å². The second kappa shape index (κ2) is 7.15. The summed E-state index contributed by atoms with van der Waals surface area (Å²) in [5.41, 5.74) is 0.845. The number of carbonyl (C=O) groups excluding carboxylic acids is 1. The normalized spacial score (nSPS) is 26.7. The lowest BCUT2D eigenvalue weighted by Crippen LogP contribution is -2.52. The third-order valence-corrected chi connectivity index (χ3v) is 6.63. The van der Waals surface area contributed by atoms with E-state index in [1.807, 2.05) is 11.0 Å². The molecule has 3 saturated heterocycles. The second-order valence-electron chi connectivity index (χ2n) is 8.08. The number of piperazine rings is 1. The molecule has 2 bridgehead atoms. The van der Waals surface area contributed by atoms with Crippen molar-refractivity contribution in [2.75, 3.05) is 24.5 Å². The molecule has 4 heterocycles. The molecule has 0 spiro atoms. The number of aromatic nitrogens is 1. The summed E-state index contributed by atoms with van der Waals surface area (Å²) >= 11 is 5.87. The Morgan fingerprint density at radius 3 is 2.76 bits per heavy atom. The highest BCUT2D eigenvalue weighted by Gasteiger charge is 2.49. The van der Waals surface area contributed by atoms with Crippen molar-refractivity contribution in [2.45, 2.75) is 37.5 Å². The molecule has 0 unspecified atom stereocenters. The Morgan fingerprint density at radius 2 is 2.07 bits per heavy atom. The zero-order valence-electron chi connectivity index (χ0n) is 15.8. The van der Waals surface area contributed by atoms with E-state index in [4.69, 9.17) is 11.6 Å². The fraction of sp³-hybridized carbons (Fsp3) is 0.429. The molecule has 1 N–H and O–H groups in total. The Balaban J connectivity index is 1.23. The molecule has 3 aliphatic heterocycles. The van der Waals surface area contributed by atoms with Gasteiger partial charge < -0.3 is 14.9 Å². The number of hydrogen-bond donors (Lipinski definition) is 1. The fourth-order valence-electron chi connectivity index (χ4n) is 4.95. The minimum Gasteiger partial charge on any atom is -0.506 e. The van der Waals surface area contributed by atoms with Crippen LogP contribution in [0.25, 0.3) is 0 Å². The van der Waals surface area contributed by atoms with Crippen molar-refractivity contribution >= 4 is 23.3 Å². The van der Waals surface area contributed by atoms with Crippen LogP contribution >= 0.6 is 11.6 Å². The number of hydrogen-bond acceptors (Lipinski definition) is 5. The largest absolute Gasteiger partial charge is 0.506 e.